The average molecular weight is 376 g/mol. The number of nitrogens with two attached hydrogens (primary N) is 1. The van der Waals surface area contributed by atoms with Crippen molar-refractivity contribution in [1.29, 1.82) is 0 Å². The Kier molecular flexibility index (Phi) is 4.87. The van der Waals surface area contributed by atoms with E-state index in [2.05, 4.69) is 34.0 Å². The van der Waals surface area contributed by atoms with Gasteiger partial charge in [0, 0.05) is 21.6 Å². The number of halogens is 1. The Balaban J connectivity index is 2.14. The third-order valence-corrected chi connectivity index (χ3v) is 3.70. The third-order valence-electron chi connectivity index (χ3n) is 3.03. The molecule has 0 bridgehead atoms. The molecule has 104 valence electrons. The first-order valence-electron chi connectivity index (χ1n) is 6.24. The maximum Gasteiger partial charge on any atom is 0.406 e. The SMILES string of the molecule is CCC(NC1CCOc2ccc(I)cc21)OC(N)=O. The quantitative estimate of drug-likeness (QED) is 0.626. The van der Waals surface area contributed by atoms with Crippen LogP contribution in [0.5, 0.6) is 5.75 Å². The van der Waals surface area contributed by atoms with Gasteiger partial charge in [-0.15, -0.1) is 0 Å². The molecule has 0 aliphatic carbocycles. The fraction of sp³-hybridized carbons (Fsp3) is 0.462. The van der Waals surface area contributed by atoms with E-state index in [0.717, 1.165) is 21.3 Å². The van der Waals surface area contributed by atoms with Crippen molar-refractivity contribution < 1.29 is 14.3 Å². The predicted molar refractivity (Wildman–Crippen MR) is 79.9 cm³/mol. The van der Waals surface area contributed by atoms with Crippen molar-refractivity contribution in [3.63, 3.8) is 0 Å². The monoisotopic (exact) mass is 376 g/mol. The smallest absolute Gasteiger partial charge is 0.406 e. The molecule has 5 nitrogen and oxygen atoms in total. The molecule has 2 atom stereocenters. The normalized spacial score (nSPS) is 19.2. The highest BCUT2D eigenvalue weighted by Crippen LogP contribution is 2.33. The molecular weight excluding hydrogens is 359 g/mol. The minimum Gasteiger partial charge on any atom is -0.493 e. The van der Waals surface area contributed by atoms with Gasteiger partial charge in [0.15, 0.2) is 6.23 Å². The van der Waals surface area contributed by atoms with Crippen LogP contribution in [0.2, 0.25) is 0 Å². The molecule has 1 aromatic rings. The second-order valence-corrected chi connectivity index (χ2v) is 5.62. The summed E-state index contributed by atoms with van der Waals surface area (Å²) in [7, 11) is 0. The van der Waals surface area contributed by atoms with Crippen molar-refractivity contribution in [2.75, 3.05) is 6.61 Å². The maximum atomic E-state index is 10.8. The molecule has 0 saturated heterocycles. The Morgan fingerprint density at radius 2 is 2.47 bits per heavy atom. The molecule has 3 N–H and O–H groups in total. The van der Waals surface area contributed by atoms with Crippen molar-refractivity contribution in [3.8, 4) is 5.75 Å². The number of primary amides is 1. The Morgan fingerprint density at radius 3 is 3.16 bits per heavy atom. The van der Waals surface area contributed by atoms with Gasteiger partial charge in [-0.05, 0) is 47.2 Å². The summed E-state index contributed by atoms with van der Waals surface area (Å²) in [5.41, 5.74) is 6.17. The minimum absolute atomic E-state index is 0.114. The number of carbonyl (C=O) groups excluding carboxylic acids is 1. The largest absolute Gasteiger partial charge is 0.493 e. The summed E-state index contributed by atoms with van der Waals surface area (Å²) >= 11 is 2.27. The molecule has 6 heteroatoms. The zero-order chi connectivity index (χ0) is 13.8. The first-order valence-corrected chi connectivity index (χ1v) is 7.32. The molecule has 0 spiro atoms. The lowest BCUT2D eigenvalue weighted by Crippen LogP contribution is -2.39. The lowest BCUT2D eigenvalue weighted by atomic mass is 10.0. The van der Waals surface area contributed by atoms with E-state index in [9.17, 15) is 4.79 Å². The summed E-state index contributed by atoms with van der Waals surface area (Å²) in [5.74, 6) is 0.887. The second kappa shape index (κ2) is 6.42. The third kappa shape index (κ3) is 3.73. The van der Waals surface area contributed by atoms with Crippen LogP contribution in [-0.2, 0) is 4.74 Å². The highest BCUT2D eigenvalue weighted by molar-refractivity contribution is 14.1. The van der Waals surface area contributed by atoms with E-state index in [1.807, 2.05) is 19.1 Å². The predicted octanol–water partition coefficient (Wildman–Crippen LogP) is 2.54. The van der Waals surface area contributed by atoms with Crippen molar-refractivity contribution in [2.45, 2.75) is 32.0 Å². The number of rotatable bonds is 4. The lowest BCUT2D eigenvalue weighted by Gasteiger charge is -2.30. The number of hydrogen-bond acceptors (Lipinski definition) is 4. The molecule has 1 aliphatic rings. The Morgan fingerprint density at radius 1 is 1.68 bits per heavy atom. The number of nitrogens with one attached hydrogen (secondary N) is 1. The zero-order valence-electron chi connectivity index (χ0n) is 10.7. The van der Waals surface area contributed by atoms with E-state index in [1.54, 1.807) is 0 Å². The first-order chi connectivity index (χ1) is 9.10. The summed E-state index contributed by atoms with van der Waals surface area (Å²) in [6.45, 7) is 2.59. The number of ether oxygens (including phenoxy) is 2. The highest BCUT2D eigenvalue weighted by Gasteiger charge is 2.24. The van der Waals surface area contributed by atoms with Crippen LogP contribution in [0.1, 0.15) is 31.4 Å². The van der Waals surface area contributed by atoms with Gasteiger partial charge in [-0.3, -0.25) is 5.32 Å². The second-order valence-electron chi connectivity index (χ2n) is 4.37. The molecular formula is C13H17IN2O3. The molecule has 0 radical (unpaired) electrons. The summed E-state index contributed by atoms with van der Waals surface area (Å²) in [6.07, 6.45) is 0.381. The molecule has 0 saturated carbocycles. The van der Waals surface area contributed by atoms with Gasteiger partial charge < -0.3 is 15.2 Å². The lowest BCUT2D eigenvalue weighted by molar-refractivity contribution is 0.0691. The number of benzene rings is 1. The summed E-state index contributed by atoms with van der Waals surface area (Å²) < 4.78 is 11.8. The van der Waals surface area contributed by atoms with E-state index < -0.39 is 6.09 Å². The number of fused-ring (bicyclic) bond motifs is 1. The van der Waals surface area contributed by atoms with Crippen LogP contribution in [0.3, 0.4) is 0 Å². The molecule has 0 fully saturated rings. The Bertz CT molecular complexity index is 467. The van der Waals surface area contributed by atoms with Gasteiger partial charge in [-0.25, -0.2) is 4.79 Å². The molecule has 2 rings (SSSR count). The van der Waals surface area contributed by atoms with Crippen LogP contribution in [0.15, 0.2) is 18.2 Å². The van der Waals surface area contributed by atoms with Crippen LogP contribution in [-0.4, -0.2) is 18.9 Å². The highest BCUT2D eigenvalue weighted by atomic mass is 127. The van der Waals surface area contributed by atoms with Gasteiger partial charge in [0.05, 0.1) is 6.61 Å². The van der Waals surface area contributed by atoms with Crippen molar-refractivity contribution in [3.05, 3.63) is 27.3 Å². The van der Waals surface area contributed by atoms with Crippen LogP contribution in [0, 0.1) is 3.57 Å². The fourth-order valence-corrected chi connectivity index (χ4v) is 2.65. The molecule has 19 heavy (non-hydrogen) atoms. The molecule has 2 unspecified atom stereocenters. The number of amides is 1. The van der Waals surface area contributed by atoms with Crippen LogP contribution < -0.4 is 15.8 Å². The topological polar surface area (TPSA) is 73.6 Å². The van der Waals surface area contributed by atoms with Crippen molar-refractivity contribution in [1.82, 2.24) is 5.32 Å². The minimum atomic E-state index is -0.755. The van der Waals surface area contributed by atoms with Gasteiger partial charge >= 0.3 is 6.09 Å². The standard InChI is InChI=1S/C13H17IN2O3/c1-2-12(19-13(15)17)16-10-5-6-18-11-4-3-8(14)7-9(10)11/h3-4,7,10,12,16H,2,5-6H2,1H3,(H2,15,17). The van der Waals surface area contributed by atoms with Gasteiger partial charge in [0.1, 0.15) is 5.75 Å². The zero-order valence-corrected chi connectivity index (χ0v) is 12.8. The Labute approximate surface area is 126 Å². The Hall–Kier alpha value is -1.02. The first kappa shape index (κ1) is 14.4. The summed E-state index contributed by atoms with van der Waals surface area (Å²) in [5, 5.41) is 3.31. The number of hydrogen-bond donors (Lipinski definition) is 2. The molecule has 1 aromatic carbocycles. The van der Waals surface area contributed by atoms with Gasteiger partial charge in [0.2, 0.25) is 0 Å². The van der Waals surface area contributed by atoms with E-state index in [-0.39, 0.29) is 12.3 Å². The van der Waals surface area contributed by atoms with Gasteiger partial charge in [0.25, 0.3) is 0 Å². The number of carbonyl (C=O) groups is 1. The van der Waals surface area contributed by atoms with Gasteiger partial charge in [-0.2, -0.15) is 0 Å². The van der Waals surface area contributed by atoms with Crippen LogP contribution >= 0.6 is 22.6 Å². The fourth-order valence-electron chi connectivity index (χ4n) is 2.14. The molecule has 1 amide bonds. The van der Waals surface area contributed by atoms with E-state index in [1.165, 1.54) is 0 Å². The van der Waals surface area contributed by atoms with E-state index in [0.29, 0.717) is 13.0 Å². The van der Waals surface area contributed by atoms with Crippen molar-refractivity contribution in [2.24, 2.45) is 5.73 Å². The van der Waals surface area contributed by atoms with Crippen LogP contribution in [0.4, 0.5) is 4.79 Å². The van der Waals surface area contributed by atoms with Crippen molar-refractivity contribution >= 4 is 28.7 Å². The molecule has 1 heterocycles. The van der Waals surface area contributed by atoms with Crippen LogP contribution in [0.25, 0.3) is 0 Å². The van der Waals surface area contributed by atoms with E-state index in [4.69, 9.17) is 15.2 Å². The van der Waals surface area contributed by atoms with E-state index >= 15 is 0 Å². The molecule has 0 aromatic heterocycles. The summed E-state index contributed by atoms with van der Waals surface area (Å²) in [4.78, 5) is 10.8. The molecule has 1 aliphatic heterocycles. The average Bonchev–Trinajstić information content (AvgIpc) is 2.38. The maximum absolute atomic E-state index is 10.8. The summed E-state index contributed by atoms with van der Waals surface area (Å²) in [6, 6.07) is 6.19. The van der Waals surface area contributed by atoms with Gasteiger partial charge in [-0.1, -0.05) is 6.92 Å².